The lowest BCUT2D eigenvalue weighted by Gasteiger charge is -2.25. The van der Waals surface area contributed by atoms with Crippen molar-refractivity contribution in [2.75, 3.05) is 33.3 Å². The second kappa shape index (κ2) is 6.77. The zero-order valence-corrected chi connectivity index (χ0v) is 13.1. The van der Waals surface area contributed by atoms with Crippen LogP contribution in [0.1, 0.15) is 30.4 Å². The molecular weight excluding hydrogens is 262 g/mol. The first-order chi connectivity index (χ1) is 10.3. The molecule has 0 saturated carbocycles. The van der Waals surface area contributed by atoms with Crippen molar-refractivity contribution in [3.8, 4) is 5.75 Å². The van der Waals surface area contributed by atoms with Crippen molar-refractivity contribution in [3.63, 3.8) is 0 Å². The van der Waals surface area contributed by atoms with E-state index in [-0.39, 0.29) is 0 Å². The lowest BCUT2D eigenvalue weighted by Crippen LogP contribution is -2.36. The second-order valence-corrected chi connectivity index (χ2v) is 6.27. The van der Waals surface area contributed by atoms with E-state index in [1.807, 2.05) is 0 Å². The Morgan fingerprint density at radius 3 is 2.90 bits per heavy atom. The summed E-state index contributed by atoms with van der Waals surface area (Å²) in [6.07, 6.45) is 4.03. The number of hydrogen-bond acceptors (Lipinski definition) is 4. The molecule has 21 heavy (non-hydrogen) atoms. The van der Waals surface area contributed by atoms with Crippen molar-refractivity contribution >= 4 is 0 Å². The summed E-state index contributed by atoms with van der Waals surface area (Å²) in [6, 6.07) is 7.23. The molecular formula is C17H27N3O. The van der Waals surface area contributed by atoms with Gasteiger partial charge in [0, 0.05) is 31.2 Å². The zero-order chi connectivity index (χ0) is 14.7. The van der Waals surface area contributed by atoms with Crippen LogP contribution in [0.4, 0.5) is 0 Å². The molecule has 1 aromatic carbocycles. The number of nitrogens with two attached hydrogens (primary N) is 1. The summed E-state index contributed by atoms with van der Waals surface area (Å²) < 4.78 is 5.45. The highest BCUT2D eigenvalue weighted by Crippen LogP contribution is 2.24. The van der Waals surface area contributed by atoms with E-state index in [1.165, 1.54) is 51.0 Å². The van der Waals surface area contributed by atoms with Gasteiger partial charge >= 0.3 is 0 Å². The lowest BCUT2D eigenvalue weighted by molar-refractivity contribution is 0.215. The molecule has 4 nitrogen and oxygen atoms in total. The maximum absolute atomic E-state index is 5.74. The number of benzene rings is 1. The fourth-order valence-electron chi connectivity index (χ4n) is 3.74. The van der Waals surface area contributed by atoms with Gasteiger partial charge < -0.3 is 10.5 Å². The maximum atomic E-state index is 5.74. The summed E-state index contributed by atoms with van der Waals surface area (Å²) in [6.45, 7) is 6.54. The first kappa shape index (κ1) is 14.8. The molecule has 3 rings (SSSR count). The number of hydrogen-bond donors (Lipinski definition) is 1. The molecule has 0 aromatic heterocycles. The zero-order valence-electron chi connectivity index (χ0n) is 13.1. The Morgan fingerprint density at radius 1 is 1.24 bits per heavy atom. The van der Waals surface area contributed by atoms with Gasteiger partial charge in [0.25, 0.3) is 0 Å². The summed E-state index contributed by atoms with van der Waals surface area (Å²) in [5.74, 6) is 0.923. The third-order valence-electron chi connectivity index (χ3n) is 4.87. The number of rotatable bonds is 4. The topological polar surface area (TPSA) is 41.7 Å². The highest BCUT2D eigenvalue weighted by atomic mass is 16.5. The van der Waals surface area contributed by atoms with Gasteiger partial charge in [-0.25, -0.2) is 0 Å². The molecule has 0 radical (unpaired) electrons. The van der Waals surface area contributed by atoms with Gasteiger partial charge in [0.2, 0.25) is 0 Å². The summed E-state index contributed by atoms with van der Waals surface area (Å²) in [5.41, 5.74) is 8.16. The Kier molecular flexibility index (Phi) is 4.78. The summed E-state index contributed by atoms with van der Waals surface area (Å²) in [4.78, 5) is 5.28. The van der Waals surface area contributed by atoms with E-state index in [2.05, 4.69) is 28.0 Å². The minimum Gasteiger partial charge on any atom is -0.496 e. The first-order valence-corrected chi connectivity index (χ1v) is 8.12. The molecule has 0 amide bonds. The average molecular weight is 289 g/mol. The van der Waals surface area contributed by atoms with Crippen molar-refractivity contribution in [2.24, 2.45) is 5.73 Å². The van der Waals surface area contributed by atoms with Gasteiger partial charge in [-0.1, -0.05) is 12.1 Å². The van der Waals surface area contributed by atoms with Crippen LogP contribution >= 0.6 is 0 Å². The minimum absolute atomic E-state index is 0.532. The lowest BCUT2D eigenvalue weighted by atomic mass is 10.1. The van der Waals surface area contributed by atoms with Crippen LogP contribution < -0.4 is 10.5 Å². The van der Waals surface area contributed by atoms with Gasteiger partial charge in [0.05, 0.1) is 7.11 Å². The van der Waals surface area contributed by atoms with E-state index in [0.717, 1.165) is 23.9 Å². The standard InChI is InChI=1S/C17H27N3O/c1-21-17-10-14(5-6-15(17)11-18)12-19-7-3-9-20-8-2-4-16(20)13-19/h5-6,10,16H,2-4,7-9,11-13,18H2,1H3. The molecule has 1 unspecified atom stereocenters. The number of fused-ring (bicyclic) bond motifs is 1. The van der Waals surface area contributed by atoms with E-state index in [0.29, 0.717) is 6.54 Å². The van der Waals surface area contributed by atoms with Crippen LogP contribution in [0.5, 0.6) is 5.75 Å². The van der Waals surface area contributed by atoms with Crippen LogP contribution in [0.3, 0.4) is 0 Å². The Labute approximate surface area is 127 Å². The highest BCUT2D eigenvalue weighted by molar-refractivity contribution is 5.37. The molecule has 2 N–H and O–H groups in total. The van der Waals surface area contributed by atoms with Crippen LogP contribution in [-0.4, -0.2) is 49.1 Å². The van der Waals surface area contributed by atoms with E-state index >= 15 is 0 Å². The molecule has 0 aliphatic carbocycles. The second-order valence-electron chi connectivity index (χ2n) is 6.27. The minimum atomic E-state index is 0.532. The summed E-state index contributed by atoms with van der Waals surface area (Å²) in [5, 5.41) is 0. The van der Waals surface area contributed by atoms with Crippen molar-refractivity contribution in [3.05, 3.63) is 29.3 Å². The Bertz CT molecular complexity index is 477. The molecule has 2 fully saturated rings. The molecule has 4 heteroatoms. The van der Waals surface area contributed by atoms with Crippen LogP contribution in [0.2, 0.25) is 0 Å². The van der Waals surface area contributed by atoms with Crippen molar-refractivity contribution in [1.82, 2.24) is 9.80 Å². The largest absolute Gasteiger partial charge is 0.496 e. The maximum Gasteiger partial charge on any atom is 0.123 e. The van der Waals surface area contributed by atoms with Gasteiger partial charge in [-0.05, 0) is 50.5 Å². The third-order valence-corrected chi connectivity index (χ3v) is 4.87. The number of nitrogens with zero attached hydrogens (tertiary/aromatic N) is 2. The van der Waals surface area contributed by atoms with Crippen molar-refractivity contribution in [1.29, 1.82) is 0 Å². The molecule has 1 atom stereocenters. The number of methoxy groups -OCH3 is 1. The van der Waals surface area contributed by atoms with Gasteiger partial charge in [-0.2, -0.15) is 0 Å². The van der Waals surface area contributed by atoms with E-state index in [4.69, 9.17) is 10.5 Å². The van der Waals surface area contributed by atoms with Crippen LogP contribution in [0.15, 0.2) is 18.2 Å². The predicted octanol–water partition coefficient (Wildman–Crippen LogP) is 1.82. The molecule has 0 spiro atoms. The van der Waals surface area contributed by atoms with Crippen LogP contribution in [-0.2, 0) is 13.1 Å². The molecule has 2 aliphatic rings. The Balaban J connectivity index is 1.68. The molecule has 2 heterocycles. The summed E-state index contributed by atoms with van der Waals surface area (Å²) >= 11 is 0. The molecule has 1 aromatic rings. The SMILES string of the molecule is COc1cc(CN2CCCN3CCCC3C2)ccc1CN. The van der Waals surface area contributed by atoms with E-state index in [9.17, 15) is 0 Å². The van der Waals surface area contributed by atoms with Crippen molar-refractivity contribution < 1.29 is 4.74 Å². The van der Waals surface area contributed by atoms with E-state index in [1.54, 1.807) is 7.11 Å². The molecule has 116 valence electrons. The average Bonchev–Trinajstić information content (AvgIpc) is 2.86. The van der Waals surface area contributed by atoms with Crippen LogP contribution in [0, 0.1) is 0 Å². The Morgan fingerprint density at radius 2 is 2.10 bits per heavy atom. The third kappa shape index (κ3) is 3.39. The highest BCUT2D eigenvalue weighted by Gasteiger charge is 2.28. The van der Waals surface area contributed by atoms with Crippen molar-refractivity contribution in [2.45, 2.75) is 38.4 Å². The smallest absolute Gasteiger partial charge is 0.123 e. The number of ether oxygens (including phenoxy) is 1. The van der Waals surface area contributed by atoms with Gasteiger partial charge in [-0.3, -0.25) is 9.80 Å². The Hall–Kier alpha value is -1.10. The first-order valence-electron chi connectivity index (χ1n) is 8.12. The van der Waals surface area contributed by atoms with E-state index < -0.39 is 0 Å². The van der Waals surface area contributed by atoms with Gasteiger partial charge in [0.1, 0.15) is 5.75 Å². The summed E-state index contributed by atoms with van der Waals surface area (Å²) in [7, 11) is 1.72. The quantitative estimate of drug-likeness (QED) is 0.918. The molecule has 2 aliphatic heterocycles. The van der Waals surface area contributed by atoms with Gasteiger partial charge in [-0.15, -0.1) is 0 Å². The fourth-order valence-corrected chi connectivity index (χ4v) is 3.74. The monoisotopic (exact) mass is 289 g/mol. The van der Waals surface area contributed by atoms with Gasteiger partial charge in [0.15, 0.2) is 0 Å². The fraction of sp³-hybridized carbons (Fsp3) is 0.647. The predicted molar refractivity (Wildman–Crippen MR) is 85.4 cm³/mol. The van der Waals surface area contributed by atoms with Crippen LogP contribution in [0.25, 0.3) is 0 Å². The molecule has 2 saturated heterocycles. The molecule has 0 bridgehead atoms. The normalized spacial score (nSPS) is 23.8.